The van der Waals surface area contributed by atoms with Crippen molar-refractivity contribution in [2.45, 2.75) is 46.2 Å². The van der Waals surface area contributed by atoms with Gasteiger partial charge >= 0.3 is 0 Å². The third-order valence-corrected chi connectivity index (χ3v) is 8.00. The number of carbonyl (C=O) groups excluding carboxylic acids is 1. The smallest absolute Gasteiger partial charge is 0.283 e. The Bertz CT molecular complexity index is 991. The highest BCUT2D eigenvalue weighted by Gasteiger charge is 2.56. The van der Waals surface area contributed by atoms with Crippen LogP contribution >= 0.6 is 15.9 Å². The number of hydrogen-bond donors (Lipinski definition) is 2. The van der Waals surface area contributed by atoms with Gasteiger partial charge < -0.3 is 10.6 Å². The topological polar surface area (TPSA) is 88.9 Å². The second-order valence-electron chi connectivity index (χ2n) is 9.10. The highest BCUT2D eigenvalue weighted by atomic mass is 79.9. The van der Waals surface area contributed by atoms with Crippen LogP contribution in [0.4, 0.5) is 5.69 Å². The van der Waals surface area contributed by atoms with Crippen LogP contribution in [0.1, 0.15) is 44.0 Å². The van der Waals surface area contributed by atoms with Crippen LogP contribution < -0.4 is 16.2 Å². The molecule has 30 heavy (non-hydrogen) atoms. The van der Waals surface area contributed by atoms with E-state index in [0.717, 1.165) is 23.9 Å². The molecule has 0 radical (unpaired) electrons. The van der Waals surface area contributed by atoms with Crippen LogP contribution in [0.3, 0.4) is 0 Å². The number of aromatic nitrogens is 3. The third kappa shape index (κ3) is 3.77. The van der Waals surface area contributed by atoms with Gasteiger partial charge in [-0.05, 0) is 64.1 Å². The van der Waals surface area contributed by atoms with E-state index in [9.17, 15) is 9.59 Å². The van der Waals surface area contributed by atoms with Crippen LogP contribution in [0, 0.1) is 23.2 Å². The first-order valence-corrected chi connectivity index (χ1v) is 11.3. The molecule has 0 unspecified atom stereocenters. The van der Waals surface area contributed by atoms with Gasteiger partial charge in [0.15, 0.2) is 0 Å². The standard InChI is InChI=1S/C22H28BrN5O2/c1-13-16-10-15(22(16,2)3)11-17(13)27-18-12-26-28(21(30)19(18)23)9-8-25-20(29)14-4-6-24-7-5-14/h4-7,12-13,15-17,27H,8-11H2,1-3H3,(H,25,29)/t13-,15-,16+,17-/m1/s1. The predicted octanol–water partition coefficient (Wildman–Crippen LogP) is 3.31. The van der Waals surface area contributed by atoms with Gasteiger partial charge in [-0.2, -0.15) is 5.10 Å². The summed E-state index contributed by atoms with van der Waals surface area (Å²) in [7, 11) is 0. The van der Waals surface area contributed by atoms with Crippen molar-refractivity contribution >= 4 is 27.5 Å². The Kier molecular flexibility index (Phi) is 5.70. The van der Waals surface area contributed by atoms with E-state index in [-0.39, 0.29) is 11.5 Å². The average Bonchev–Trinajstić information content (AvgIpc) is 2.74. The van der Waals surface area contributed by atoms with Gasteiger partial charge in [-0.15, -0.1) is 0 Å². The molecule has 4 atom stereocenters. The van der Waals surface area contributed by atoms with Crippen LogP contribution in [-0.4, -0.2) is 33.3 Å². The quantitative estimate of drug-likeness (QED) is 0.671. The largest absolute Gasteiger partial charge is 0.380 e. The fourth-order valence-corrected chi connectivity index (χ4v) is 5.57. The summed E-state index contributed by atoms with van der Waals surface area (Å²) in [4.78, 5) is 28.7. The predicted molar refractivity (Wildman–Crippen MR) is 119 cm³/mol. The zero-order valence-corrected chi connectivity index (χ0v) is 19.1. The number of amides is 1. The molecule has 0 saturated heterocycles. The number of nitrogens with zero attached hydrogens (tertiary/aromatic N) is 3. The summed E-state index contributed by atoms with van der Waals surface area (Å²) in [5.74, 6) is 1.83. The second kappa shape index (κ2) is 8.13. The highest BCUT2D eigenvalue weighted by molar-refractivity contribution is 9.10. The number of carbonyl (C=O) groups is 1. The molecule has 160 valence electrons. The SMILES string of the molecule is C[C@H]1[C@H](Nc2cnn(CCNC(=O)c3ccncc3)c(=O)c2Br)C[C@H]2C[C@@H]1C2(C)C. The molecule has 0 aromatic carbocycles. The number of anilines is 1. The van der Waals surface area contributed by atoms with Crippen molar-refractivity contribution in [1.29, 1.82) is 0 Å². The van der Waals surface area contributed by atoms with E-state index in [2.05, 4.69) is 57.4 Å². The number of fused-ring (bicyclic) bond motifs is 2. The Morgan fingerprint density at radius 3 is 2.70 bits per heavy atom. The number of hydrogen-bond acceptors (Lipinski definition) is 5. The lowest BCUT2D eigenvalue weighted by Crippen LogP contribution is -2.58. The monoisotopic (exact) mass is 473 g/mol. The fraction of sp³-hybridized carbons (Fsp3) is 0.545. The normalized spacial score (nSPS) is 26.5. The lowest BCUT2D eigenvalue weighted by atomic mass is 9.45. The molecule has 2 aromatic heterocycles. The summed E-state index contributed by atoms with van der Waals surface area (Å²) in [5.41, 5.74) is 1.51. The maximum absolute atomic E-state index is 12.7. The molecule has 2 N–H and O–H groups in total. The van der Waals surface area contributed by atoms with E-state index in [0.29, 0.717) is 40.5 Å². The Hall–Kier alpha value is -2.22. The molecule has 2 aromatic rings. The van der Waals surface area contributed by atoms with Crippen molar-refractivity contribution in [2.75, 3.05) is 11.9 Å². The van der Waals surface area contributed by atoms with Gasteiger partial charge in [0.2, 0.25) is 0 Å². The number of nitrogens with one attached hydrogen (secondary N) is 2. The summed E-state index contributed by atoms with van der Waals surface area (Å²) in [6.07, 6.45) is 7.29. The van der Waals surface area contributed by atoms with Gasteiger partial charge in [0.25, 0.3) is 11.5 Å². The Balaban J connectivity index is 1.37. The fourth-order valence-electron chi connectivity index (χ4n) is 5.15. The highest BCUT2D eigenvalue weighted by Crippen LogP contribution is 2.61. The van der Waals surface area contributed by atoms with E-state index >= 15 is 0 Å². The van der Waals surface area contributed by atoms with Gasteiger partial charge in [-0.25, -0.2) is 4.68 Å². The molecule has 3 aliphatic rings. The van der Waals surface area contributed by atoms with Crippen molar-refractivity contribution < 1.29 is 4.79 Å². The van der Waals surface area contributed by atoms with E-state index in [1.165, 1.54) is 11.1 Å². The molecule has 5 rings (SSSR count). The molecule has 0 aliphatic heterocycles. The molecule has 2 bridgehead atoms. The van der Waals surface area contributed by atoms with E-state index < -0.39 is 0 Å². The van der Waals surface area contributed by atoms with E-state index in [1.54, 1.807) is 30.7 Å². The second-order valence-corrected chi connectivity index (χ2v) is 9.89. The van der Waals surface area contributed by atoms with Crippen molar-refractivity contribution in [2.24, 2.45) is 23.2 Å². The summed E-state index contributed by atoms with van der Waals surface area (Å²) in [5, 5.41) is 10.7. The van der Waals surface area contributed by atoms with Gasteiger partial charge in [0.05, 0.1) is 18.4 Å². The average molecular weight is 474 g/mol. The number of pyridine rings is 1. The molecular weight excluding hydrogens is 446 g/mol. The van der Waals surface area contributed by atoms with Gasteiger partial charge in [-0.1, -0.05) is 20.8 Å². The van der Waals surface area contributed by atoms with E-state index in [4.69, 9.17) is 0 Å². The molecular formula is C22H28BrN5O2. The molecule has 3 aliphatic carbocycles. The molecule has 2 heterocycles. The molecule has 8 heteroatoms. The van der Waals surface area contributed by atoms with Crippen LogP contribution in [0.5, 0.6) is 0 Å². The lowest BCUT2D eigenvalue weighted by Gasteiger charge is -2.62. The minimum atomic E-state index is -0.202. The molecule has 7 nitrogen and oxygen atoms in total. The molecule has 1 amide bonds. The summed E-state index contributed by atoms with van der Waals surface area (Å²) < 4.78 is 1.86. The zero-order chi connectivity index (χ0) is 21.5. The Labute approximate surface area is 184 Å². The van der Waals surface area contributed by atoms with Crippen LogP contribution in [-0.2, 0) is 6.54 Å². The third-order valence-electron chi connectivity index (χ3n) is 7.23. The first kappa shape index (κ1) is 21.0. The molecule has 0 spiro atoms. The Morgan fingerprint density at radius 1 is 1.30 bits per heavy atom. The van der Waals surface area contributed by atoms with Gasteiger partial charge in [0.1, 0.15) is 4.47 Å². The number of halogens is 1. The van der Waals surface area contributed by atoms with Crippen molar-refractivity contribution in [1.82, 2.24) is 20.1 Å². The van der Waals surface area contributed by atoms with Crippen LogP contribution in [0.25, 0.3) is 0 Å². The minimum absolute atomic E-state index is 0.199. The van der Waals surface area contributed by atoms with Gasteiger partial charge in [0, 0.05) is 30.5 Å². The first-order valence-electron chi connectivity index (χ1n) is 10.5. The van der Waals surface area contributed by atoms with Crippen LogP contribution in [0.2, 0.25) is 0 Å². The minimum Gasteiger partial charge on any atom is -0.380 e. The van der Waals surface area contributed by atoms with E-state index in [1.807, 2.05) is 0 Å². The van der Waals surface area contributed by atoms with Crippen LogP contribution in [0.15, 0.2) is 40.0 Å². The summed E-state index contributed by atoms with van der Waals surface area (Å²) in [6, 6.07) is 3.65. The Morgan fingerprint density at radius 2 is 2.03 bits per heavy atom. The zero-order valence-electron chi connectivity index (χ0n) is 17.6. The maximum Gasteiger partial charge on any atom is 0.283 e. The number of rotatable bonds is 6. The lowest BCUT2D eigenvalue weighted by molar-refractivity contribution is -0.105. The molecule has 3 fully saturated rings. The van der Waals surface area contributed by atoms with Crippen molar-refractivity contribution in [3.05, 3.63) is 51.1 Å². The van der Waals surface area contributed by atoms with Crippen molar-refractivity contribution in [3.8, 4) is 0 Å². The molecule has 3 saturated carbocycles. The summed E-state index contributed by atoms with van der Waals surface area (Å²) in [6.45, 7) is 7.68. The van der Waals surface area contributed by atoms with Crippen molar-refractivity contribution in [3.63, 3.8) is 0 Å². The summed E-state index contributed by atoms with van der Waals surface area (Å²) >= 11 is 3.45. The van der Waals surface area contributed by atoms with Gasteiger partial charge in [-0.3, -0.25) is 14.6 Å². The maximum atomic E-state index is 12.7. The first-order chi connectivity index (χ1) is 14.3.